The van der Waals surface area contributed by atoms with Crippen molar-refractivity contribution in [1.82, 2.24) is 0 Å². The molecule has 2 N–H and O–H groups in total. The average molecular weight is 296 g/mol. The molecule has 1 atom stereocenters. The molecule has 0 aromatic carbocycles. The Hall–Kier alpha value is -0.570. The molecule has 2 aliphatic rings. The molecule has 3 nitrogen and oxygen atoms in total. The lowest BCUT2D eigenvalue weighted by Crippen LogP contribution is -2.39. The van der Waals surface area contributed by atoms with Gasteiger partial charge in [-0.05, 0) is 50.4 Å². The second-order valence-corrected chi connectivity index (χ2v) is 7.56. The Bertz CT molecular complexity index is 325. The van der Waals surface area contributed by atoms with Crippen LogP contribution in [0.15, 0.2) is 0 Å². The maximum atomic E-state index is 11.8. The quantitative estimate of drug-likeness (QED) is 0.733. The van der Waals surface area contributed by atoms with E-state index in [9.17, 15) is 15.0 Å². The summed E-state index contributed by atoms with van der Waals surface area (Å²) in [6.45, 7) is 2.20. The summed E-state index contributed by atoms with van der Waals surface area (Å²) < 4.78 is 0. The summed E-state index contributed by atoms with van der Waals surface area (Å²) in [6.07, 6.45) is 11.8. The molecule has 0 aliphatic heterocycles. The van der Waals surface area contributed by atoms with Crippen LogP contribution < -0.4 is 0 Å². The summed E-state index contributed by atoms with van der Waals surface area (Å²) in [7, 11) is 0. The van der Waals surface area contributed by atoms with E-state index in [1.807, 2.05) is 0 Å². The van der Waals surface area contributed by atoms with Gasteiger partial charge in [0.1, 0.15) is 0 Å². The molecule has 0 aromatic rings. The van der Waals surface area contributed by atoms with Crippen molar-refractivity contribution in [3.63, 3.8) is 0 Å². The number of hydrogen-bond donors (Lipinski definition) is 2. The molecule has 2 aliphatic carbocycles. The SMILES string of the molecule is CCCC1CCC(CC(O)CC2CCCC2)(C(=O)O)CC1. The molecule has 0 spiro atoms. The number of aliphatic carboxylic acids is 1. The van der Waals surface area contributed by atoms with Crippen molar-refractivity contribution in [3.05, 3.63) is 0 Å². The Morgan fingerprint density at radius 1 is 1.14 bits per heavy atom. The van der Waals surface area contributed by atoms with Crippen LogP contribution in [0.2, 0.25) is 0 Å². The van der Waals surface area contributed by atoms with Gasteiger partial charge in [0.2, 0.25) is 0 Å². The zero-order valence-corrected chi connectivity index (χ0v) is 13.5. The van der Waals surface area contributed by atoms with Crippen LogP contribution in [-0.4, -0.2) is 22.3 Å². The van der Waals surface area contributed by atoms with E-state index in [4.69, 9.17) is 0 Å². The van der Waals surface area contributed by atoms with Gasteiger partial charge in [-0.1, -0.05) is 45.4 Å². The van der Waals surface area contributed by atoms with Gasteiger partial charge in [-0.15, -0.1) is 0 Å². The standard InChI is InChI=1S/C18H32O3/c1-2-5-14-8-10-18(11-9-14,17(20)21)13-16(19)12-15-6-3-4-7-15/h14-16,19H,2-13H2,1H3,(H,20,21). The zero-order valence-electron chi connectivity index (χ0n) is 13.5. The highest BCUT2D eigenvalue weighted by Crippen LogP contribution is 2.45. The Morgan fingerprint density at radius 2 is 1.76 bits per heavy atom. The number of hydrogen-bond acceptors (Lipinski definition) is 2. The average Bonchev–Trinajstić information content (AvgIpc) is 2.94. The molecule has 0 heterocycles. The first-order valence-electron chi connectivity index (χ1n) is 8.97. The maximum Gasteiger partial charge on any atom is 0.309 e. The van der Waals surface area contributed by atoms with Crippen molar-refractivity contribution in [1.29, 1.82) is 0 Å². The molecular formula is C18H32O3. The molecule has 3 heteroatoms. The lowest BCUT2D eigenvalue weighted by Gasteiger charge is -2.38. The van der Waals surface area contributed by atoms with E-state index in [2.05, 4.69) is 6.92 Å². The van der Waals surface area contributed by atoms with Crippen molar-refractivity contribution in [3.8, 4) is 0 Å². The Morgan fingerprint density at radius 3 is 2.29 bits per heavy atom. The third-order valence-corrected chi connectivity index (χ3v) is 5.92. The maximum absolute atomic E-state index is 11.8. The number of rotatable bonds is 7. The minimum absolute atomic E-state index is 0.424. The predicted octanol–water partition coefficient (Wildman–Crippen LogP) is 4.38. The number of carboxylic acids is 1. The molecule has 0 amide bonds. The summed E-state index contributed by atoms with van der Waals surface area (Å²) in [5.41, 5.74) is -0.651. The van der Waals surface area contributed by atoms with E-state index in [1.54, 1.807) is 0 Å². The van der Waals surface area contributed by atoms with Crippen molar-refractivity contribution in [2.45, 2.75) is 90.1 Å². The Labute approximate surface area is 129 Å². The topological polar surface area (TPSA) is 57.5 Å². The van der Waals surface area contributed by atoms with Gasteiger partial charge in [0.05, 0.1) is 11.5 Å². The first-order chi connectivity index (χ1) is 10.1. The molecule has 21 heavy (non-hydrogen) atoms. The van der Waals surface area contributed by atoms with Crippen LogP contribution in [0.3, 0.4) is 0 Å². The first-order valence-corrected chi connectivity index (χ1v) is 8.97. The van der Waals surface area contributed by atoms with Crippen LogP contribution in [-0.2, 0) is 4.79 Å². The molecule has 0 radical (unpaired) electrons. The monoisotopic (exact) mass is 296 g/mol. The third kappa shape index (κ3) is 4.45. The van der Waals surface area contributed by atoms with Crippen LogP contribution in [0.1, 0.15) is 84.0 Å². The second kappa shape index (κ2) is 7.62. The number of carboxylic acid groups (broad SMARTS) is 1. The minimum atomic E-state index is -0.678. The van der Waals surface area contributed by atoms with Gasteiger partial charge < -0.3 is 10.2 Å². The fourth-order valence-corrected chi connectivity index (χ4v) is 4.60. The molecular weight excluding hydrogens is 264 g/mol. The normalized spacial score (nSPS) is 32.2. The van der Waals surface area contributed by atoms with Gasteiger partial charge in [-0.25, -0.2) is 0 Å². The van der Waals surface area contributed by atoms with Crippen LogP contribution in [0.25, 0.3) is 0 Å². The van der Waals surface area contributed by atoms with Crippen LogP contribution in [0.5, 0.6) is 0 Å². The van der Waals surface area contributed by atoms with Gasteiger partial charge in [0, 0.05) is 0 Å². The van der Waals surface area contributed by atoms with E-state index in [-0.39, 0.29) is 0 Å². The summed E-state index contributed by atoms with van der Waals surface area (Å²) in [5.74, 6) is 0.652. The molecule has 2 saturated carbocycles. The van der Waals surface area contributed by atoms with Crippen molar-refractivity contribution in [2.75, 3.05) is 0 Å². The van der Waals surface area contributed by atoms with E-state index in [0.717, 1.165) is 32.1 Å². The van der Waals surface area contributed by atoms with Gasteiger partial charge in [0.25, 0.3) is 0 Å². The molecule has 2 rings (SSSR count). The summed E-state index contributed by atoms with van der Waals surface area (Å²) in [6, 6.07) is 0. The van der Waals surface area contributed by atoms with Crippen LogP contribution >= 0.6 is 0 Å². The van der Waals surface area contributed by atoms with Gasteiger partial charge in [-0.3, -0.25) is 4.79 Å². The highest BCUT2D eigenvalue weighted by Gasteiger charge is 2.43. The van der Waals surface area contributed by atoms with Gasteiger partial charge in [0.15, 0.2) is 0 Å². The fraction of sp³-hybridized carbons (Fsp3) is 0.944. The van der Waals surface area contributed by atoms with E-state index < -0.39 is 17.5 Å². The first kappa shape index (κ1) is 16.8. The largest absolute Gasteiger partial charge is 0.481 e. The summed E-state index contributed by atoms with van der Waals surface area (Å²) in [5, 5.41) is 20.1. The lowest BCUT2D eigenvalue weighted by molar-refractivity contribution is -0.154. The smallest absolute Gasteiger partial charge is 0.309 e. The zero-order chi connectivity index (χ0) is 15.3. The van der Waals surface area contributed by atoms with E-state index in [1.165, 1.54) is 38.5 Å². The summed E-state index contributed by atoms with van der Waals surface area (Å²) in [4.78, 5) is 11.8. The third-order valence-electron chi connectivity index (χ3n) is 5.92. The number of carbonyl (C=O) groups is 1. The molecule has 2 fully saturated rings. The highest BCUT2D eigenvalue weighted by atomic mass is 16.4. The van der Waals surface area contributed by atoms with Crippen LogP contribution in [0, 0.1) is 17.3 Å². The fourth-order valence-electron chi connectivity index (χ4n) is 4.60. The second-order valence-electron chi connectivity index (χ2n) is 7.56. The number of aliphatic hydroxyl groups excluding tert-OH is 1. The Balaban J connectivity index is 1.88. The van der Waals surface area contributed by atoms with E-state index in [0.29, 0.717) is 18.3 Å². The molecule has 122 valence electrons. The Kier molecular flexibility index (Phi) is 6.09. The van der Waals surface area contributed by atoms with Crippen LogP contribution in [0.4, 0.5) is 0 Å². The highest BCUT2D eigenvalue weighted by molar-refractivity contribution is 5.74. The lowest BCUT2D eigenvalue weighted by atomic mass is 9.66. The van der Waals surface area contributed by atoms with Gasteiger partial charge >= 0.3 is 5.97 Å². The van der Waals surface area contributed by atoms with Gasteiger partial charge in [-0.2, -0.15) is 0 Å². The number of aliphatic hydroxyl groups is 1. The minimum Gasteiger partial charge on any atom is -0.481 e. The van der Waals surface area contributed by atoms with Crippen molar-refractivity contribution < 1.29 is 15.0 Å². The molecule has 0 bridgehead atoms. The van der Waals surface area contributed by atoms with E-state index >= 15 is 0 Å². The molecule has 0 saturated heterocycles. The summed E-state index contributed by atoms with van der Waals surface area (Å²) >= 11 is 0. The predicted molar refractivity (Wildman–Crippen MR) is 84.1 cm³/mol. The van der Waals surface area contributed by atoms with Crippen molar-refractivity contribution >= 4 is 5.97 Å². The molecule has 0 aromatic heterocycles. The molecule has 1 unspecified atom stereocenters. The van der Waals surface area contributed by atoms with Crippen molar-refractivity contribution in [2.24, 2.45) is 17.3 Å².